The van der Waals surface area contributed by atoms with E-state index in [2.05, 4.69) is 24.4 Å². The number of hydrogen-bond donors (Lipinski definition) is 2. The van der Waals surface area contributed by atoms with Gasteiger partial charge in [-0.05, 0) is 44.1 Å². The van der Waals surface area contributed by atoms with Gasteiger partial charge in [-0.1, -0.05) is 49.6 Å². The number of hydrogen-bond acceptors (Lipinski definition) is 2. The Hall–Kier alpha value is -1.35. The van der Waals surface area contributed by atoms with Gasteiger partial charge in [0.2, 0.25) is 5.91 Å². The molecule has 3 N–H and O–H groups in total. The van der Waals surface area contributed by atoms with Crippen LogP contribution in [0.1, 0.15) is 51.0 Å². The lowest BCUT2D eigenvalue weighted by atomic mass is 9.84. The van der Waals surface area contributed by atoms with Crippen molar-refractivity contribution in [1.82, 2.24) is 5.32 Å². The van der Waals surface area contributed by atoms with Crippen molar-refractivity contribution >= 4 is 5.91 Å². The lowest BCUT2D eigenvalue weighted by molar-refractivity contribution is -0.123. The minimum absolute atomic E-state index is 0.00371. The normalized spacial score (nSPS) is 19.0. The fourth-order valence-electron chi connectivity index (χ4n) is 3.18. The third-order valence-electron chi connectivity index (χ3n) is 4.65. The molecule has 1 aromatic rings. The van der Waals surface area contributed by atoms with Crippen molar-refractivity contribution in [2.45, 2.75) is 64.0 Å². The number of rotatable bonds is 6. The molecule has 0 heterocycles. The number of carbonyl (C=O) groups excluding carboxylic acids is 1. The van der Waals surface area contributed by atoms with Crippen molar-refractivity contribution < 1.29 is 4.79 Å². The van der Waals surface area contributed by atoms with E-state index in [-0.39, 0.29) is 11.9 Å². The molecule has 1 fully saturated rings. The SMILES string of the molecule is CC(NC(=O)[C@@H](N)CCc1ccccc1)C1CCCCC1. The van der Waals surface area contributed by atoms with Crippen molar-refractivity contribution in [3.63, 3.8) is 0 Å². The third-order valence-corrected chi connectivity index (χ3v) is 4.65. The molecule has 1 aliphatic rings. The first-order chi connectivity index (χ1) is 10.2. The Labute approximate surface area is 128 Å². The van der Waals surface area contributed by atoms with Gasteiger partial charge in [0, 0.05) is 6.04 Å². The van der Waals surface area contributed by atoms with Gasteiger partial charge in [0.05, 0.1) is 6.04 Å². The molecule has 0 aromatic heterocycles. The molecule has 1 amide bonds. The van der Waals surface area contributed by atoms with Gasteiger partial charge in [-0.3, -0.25) is 4.79 Å². The fourth-order valence-corrected chi connectivity index (χ4v) is 3.18. The number of carbonyl (C=O) groups is 1. The summed E-state index contributed by atoms with van der Waals surface area (Å²) in [6.45, 7) is 2.12. The highest BCUT2D eigenvalue weighted by Crippen LogP contribution is 2.26. The summed E-state index contributed by atoms with van der Waals surface area (Å²) >= 11 is 0. The molecule has 3 nitrogen and oxygen atoms in total. The summed E-state index contributed by atoms with van der Waals surface area (Å²) in [6, 6.07) is 10.0. The van der Waals surface area contributed by atoms with Crippen LogP contribution in [0.2, 0.25) is 0 Å². The maximum absolute atomic E-state index is 12.2. The summed E-state index contributed by atoms with van der Waals surface area (Å²) < 4.78 is 0. The summed E-state index contributed by atoms with van der Waals surface area (Å²) in [5.74, 6) is 0.632. The molecule has 0 radical (unpaired) electrons. The van der Waals surface area contributed by atoms with E-state index in [0.717, 1.165) is 6.42 Å². The highest BCUT2D eigenvalue weighted by atomic mass is 16.2. The lowest BCUT2D eigenvalue weighted by Crippen LogP contribution is -2.47. The first-order valence-corrected chi connectivity index (χ1v) is 8.26. The van der Waals surface area contributed by atoms with E-state index >= 15 is 0 Å². The fraction of sp³-hybridized carbons (Fsp3) is 0.611. The summed E-state index contributed by atoms with van der Waals surface area (Å²) in [6.07, 6.45) is 7.96. The lowest BCUT2D eigenvalue weighted by Gasteiger charge is -2.29. The van der Waals surface area contributed by atoms with Crippen LogP contribution in [0.5, 0.6) is 0 Å². The van der Waals surface area contributed by atoms with Gasteiger partial charge in [-0.2, -0.15) is 0 Å². The van der Waals surface area contributed by atoms with Crippen molar-refractivity contribution in [1.29, 1.82) is 0 Å². The Bertz CT molecular complexity index is 426. The van der Waals surface area contributed by atoms with Crippen LogP contribution < -0.4 is 11.1 Å². The van der Waals surface area contributed by atoms with Crippen molar-refractivity contribution in [3.05, 3.63) is 35.9 Å². The minimum atomic E-state index is -0.406. The molecule has 0 bridgehead atoms. The standard InChI is InChI=1S/C18H28N2O/c1-14(16-10-6-3-7-11-16)20-18(21)17(19)13-12-15-8-4-2-5-9-15/h2,4-5,8-9,14,16-17H,3,6-7,10-13,19H2,1H3,(H,20,21)/t14?,17-/m0/s1. The van der Waals surface area contributed by atoms with E-state index in [0.29, 0.717) is 12.3 Å². The quantitative estimate of drug-likeness (QED) is 0.845. The molecule has 21 heavy (non-hydrogen) atoms. The van der Waals surface area contributed by atoms with E-state index in [9.17, 15) is 4.79 Å². The molecule has 1 unspecified atom stereocenters. The summed E-state index contributed by atoms with van der Waals surface area (Å²) in [5, 5.41) is 3.12. The van der Waals surface area contributed by atoms with Crippen LogP contribution in [-0.2, 0) is 11.2 Å². The van der Waals surface area contributed by atoms with E-state index in [4.69, 9.17) is 5.73 Å². The average molecular weight is 288 g/mol. The molecule has 0 spiro atoms. The molecular weight excluding hydrogens is 260 g/mol. The van der Waals surface area contributed by atoms with Gasteiger partial charge in [-0.15, -0.1) is 0 Å². The molecule has 116 valence electrons. The van der Waals surface area contributed by atoms with Crippen LogP contribution in [0.3, 0.4) is 0 Å². The van der Waals surface area contributed by atoms with Gasteiger partial charge in [0.1, 0.15) is 0 Å². The van der Waals surface area contributed by atoms with Crippen molar-refractivity contribution in [3.8, 4) is 0 Å². The van der Waals surface area contributed by atoms with Crippen LogP contribution in [0, 0.1) is 5.92 Å². The van der Waals surface area contributed by atoms with Crippen LogP contribution in [0.4, 0.5) is 0 Å². The first kappa shape index (κ1) is 16.0. The second kappa shape index (κ2) is 8.18. The topological polar surface area (TPSA) is 55.1 Å². The summed E-state index contributed by atoms with van der Waals surface area (Å²) in [7, 11) is 0. The van der Waals surface area contributed by atoms with Gasteiger partial charge in [-0.25, -0.2) is 0 Å². The Morgan fingerprint density at radius 2 is 1.90 bits per heavy atom. The highest BCUT2D eigenvalue weighted by Gasteiger charge is 2.23. The third kappa shape index (κ3) is 5.16. The van der Waals surface area contributed by atoms with Gasteiger partial charge in [0.25, 0.3) is 0 Å². The zero-order valence-corrected chi connectivity index (χ0v) is 13.1. The van der Waals surface area contributed by atoms with Gasteiger partial charge < -0.3 is 11.1 Å². The zero-order valence-electron chi connectivity index (χ0n) is 13.1. The van der Waals surface area contributed by atoms with E-state index in [1.165, 1.54) is 37.7 Å². The molecule has 1 saturated carbocycles. The van der Waals surface area contributed by atoms with Crippen molar-refractivity contribution in [2.75, 3.05) is 0 Å². The average Bonchev–Trinajstić information content (AvgIpc) is 2.54. The van der Waals surface area contributed by atoms with Crippen LogP contribution in [0.15, 0.2) is 30.3 Å². The number of benzene rings is 1. The van der Waals surface area contributed by atoms with Gasteiger partial charge >= 0.3 is 0 Å². The van der Waals surface area contributed by atoms with Crippen LogP contribution >= 0.6 is 0 Å². The smallest absolute Gasteiger partial charge is 0.237 e. The van der Waals surface area contributed by atoms with Crippen LogP contribution in [0.25, 0.3) is 0 Å². The first-order valence-electron chi connectivity index (χ1n) is 8.26. The Kier molecular flexibility index (Phi) is 6.24. The molecular formula is C18H28N2O. The maximum Gasteiger partial charge on any atom is 0.237 e. The van der Waals surface area contributed by atoms with Crippen molar-refractivity contribution in [2.24, 2.45) is 11.7 Å². The Balaban J connectivity index is 1.74. The second-order valence-corrected chi connectivity index (χ2v) is 6.33. The van der Waals surface area contributed by atoms with Crippen LogP contribution in [-0.4, -0.2) is 18.0 Å². The molecule has 3 heteroatoms. The molecule has 2 atom stereocenters. The highest BCUT2D eigenvalue weighted by molar-refractivity contribution is 5.81. The predicted octanol–water partition coefficient (Wildman–Crippen LogP) is 3.03. The number of nitrogens with one attached hydrogen (secondary N) is 1. The minimum Gasteiger partial charge on any atom is -0.352 e. The summed E-state index contributed by atoms with van der Waals surface area (Å²) in [4.78, 5) is 12.2. The van der Waals surface area contributed by atoms with Gasteiger partial charge in [0.15, 0.2) is 0 Å². The molecule has 0 aliphatic heterocycles. The zero-order chi connectivity index (χ0) is 15.1. The maximum atomic E-state index is 12.2. The Morgan fingerprint density at radius 3 is 2.57 bits per heavy atom. The number of amides is 1. The van der Waals surface area contributed by atoms with E-state index < -0.39 is 6.04 Å². The largest absolute Gasteiger partial charge is 0.352 e. The van der Waals surface area contributed by atoms with E-state index in [1.54, 1.807) is 0 Å². The molecule has 0 saturated heterocycles. The Morgan fingerprint density at radius 1 is 1.24 bits per heavy atom. The number of nitrogens with two attached hydrogens (primary N) is 1. The van der Waals surface area contributed by atoms with E-state index in [1.807, 2.05) is 18.2 Å². The summed E-state index contributed by atoms with van der Waals surface area (Å²) in [5.41, 5.74) is 7.27. The molecule has 2 rings (SSSR count). The monoisotopic (exact) mass is 288 g/mol. The molecule has 1 aliphatic carbocycles. The number of aryl methyl sites for hydroxylation is 1. The molecule has 1 aromatic carbocycles. The predicted molar refractivity (Wildman–Crippen MR) is 86.9 cm³/mol. The second-order valence-electron chi connectivity index (χ2n) is 6.33.